The topological polar surface area (TPSA) is 18.5 Å². The van der Waals surface area contributed by atoms with Crippen molar-refractivity contribution in [2.45, 2.75) is 5.92 Å². The summed E-state index contributed by atoms with van der Waals surface area (Å²) in [5.74, 6) is -38.8. The van der Waals surface area contributed by atoms with Gasteiger partial charge in [0, 0.05) is 22.1 Å². The van der Waals surface area contributed by atoms with Gasteiger partial charge in [0.25, 0.3) is 0 Å². The van der Waals surface area contributed by atoms with Crippen molar-refractivity contribution in [2.75, 3.05) is 0 Å². The molecule has 5 aromatic rings. The van der Waals surface area contributed by atoms with E-state index in [1.165, 1.54) is 0 Å². The van der Waals surface area contributed by atoms with Crippen LogP contribution < -0.4 is 14.8 Å². The maximum atomic E-state index is 15.9. The maximum absolute atomic E-state index is 15.9. The van der Waals surface area contributed by atoms with Crippen molar-refractivity contribution in [1.82, 2.24) is 0 Å². The van der Waals surface area contributed by atoms with Crippen LogP contribution in [-0.2, 0) is 5.92 Å². The third-order valence-corrected chi connectivity index (χ3v) is 7.18. The molecule has 2 nitrogen and oxygen atoms in total. The zero-order valence-corrected chi connectivity index (χ0v) is 22.0. The molecule has 0 amide bonds. The highest BCUT2D eigenvalue weighted by molar-refractivity contribution is 6.64. The molecule has 0 heterocycles. The van der Waals surface area contributed by atoms with Crippen LogP contribution in [0.4, 0.5) is 65.9 Å². The minimum atomic E-state index is -5.35. The molecular weight excluding hydrogens is 676 g/mol. The Labute approximate surface area is 250 Å². The summed E-state index contributed by atoms with van der Waals surface area (Å²) in [6, 6.07) is 2.21. The predicted octanol–water partition coefficient (Wildman–Crippen LogP) is 8.62. The highest BCUT2D eigenvalue weighted by atomic mass is 19.3. The molecule has 18 heteroatoms. The Morgan fingerprint density at radius 3 is 1.62 bits per heavy atom. The molecule has 0 bridgehead atoms. The third-order valence-electron chi connectivity index (χ3n) is 7.18. The van der Waals surface area contributed by atoms with Gasteiger partial charge in [-0.15, -0.1) is 0 Å². The van der Waals surface area contributed by atoms with Crippen molar-refractivity contribution in [2.24, 2.45) is 0 Å². The van der Waals surface area contributed by atoms with Crippen LogP contribution in [0.1, 0.15) is 11.1 Å². The molecule has 0 saturated heterocycles. The quantitative estimate of drug-likeness (QED) is 0.0801. The molecule has 0 aliphatic heterocycles. The van der Waals surface area contributed by atoms with Crippen molar-refractivity contribution < 1.29 is 75.2 Å². The van der Waals surface area contributed by atoms with Crippen LogP contribution in [-0.4, -0.2) is 7.12 Å². The fourth-order valence-corrected chi connectivity index (χ4v) is 5.14. The zero-order valence-electron chi connectivity index (χ0n) is 22.0. The maximum Gasteiger partial charge on any atom is 0.636 e. The Bertz CT molecular complexity index is 2190. The van der Waals surface area contributed by atoms with Gasteiger partial charge in [0.2, 0.25) is 5.82 Å². The lowest BCUT2D eigenvalue weighted by molar-refractivity contribution is 0.0433. The molecule has 5 aromatic carbocycles. The van der Waals surface area contributed by atoms with Crippen molar-refractivity contribution in [3.05, 3.63) is 123 Å². The summed E-state index contributed by atoms with van der Waals surface area (Å²) in [5.41, 5.74) is -11.3. The second-order valence-electron chi connectivity index (χ2n) is 9.76. The number of rotatable bonds is 5. The zero-order chi connectivity index (χ0) is 34.4. The van der Waals surface area contributed by atoms with E-state index in [1.807, 2.05) is 0 Å². The monoisotopic (exact) mass is 682 g/mol. The highest BCUT2D eigenvalue weighted by Crippen LogP contribution is 2.55. The van der Waals surface area contributed by atoms with Gasteiger partial charge in [-0.3, -0.25) is 0 Å². The number of benzene rings is 5. The number of alkyl halides is 2. The molecule has 242 valence electrons. The van der Waals surface area contributed by atoms with E-state index in [0.717, 1.165) is 0 Å². The molecule has 1 aliphatic carbocycles. The van der Waals surface area contributed by atoms with Crippen molar-refractivity contribution in [1.29, 1.82) is 0 Å². The Kier molecular flexibility index (Phi) is 7.32. The molecule has 47 heavy (non-hydrogen) atoms. The van der Waals surface area contributed by atoms with Crippen LogP contribution in [0.15, 0.2) is 36.4 Å². The fourth-order valence-electron chi connectivity index (χ4n) is 5.14. The van der Waals surface area contributed by atoms with Gasteiger partial charge in [-0.05, 0) is 36.4 Å². The highest BCUT2D eigenvalue weighted by Gasteiger charge is 2.57. The average Bonchev–Trinajstić information content (AvgIpc) is 3.27. The van der Waals surface area contributed by atoms with Gasteiger partial charge in [0.15, 0.2) is 69.7 Å². The first kappa shape index (κ1) is 31.9. The summed E-state index contributed by atoms with van der Waals surface area (Å²) >= 11 is 0. The second kappa shape index (κ2) is 10.8. The molecule has 0 aromatic heterocycles. The van der Waals surface area contributed by atoms with Crippen LogP contribution in [0.3, 0.4) is 0 Å². The first-order chi connectivity index (χ1) is 22.0. The van der Waals surface area contributed by atoms with Gasteiger partial charge in [-0.25, -0.2) is 52.7 Å². The SMILES string of the molecule is Fc1ccc(F)c(OB(Oc2ccc(F)c3c(F)c(F)ccc23)c2c(F)c(F)c(F)c3c2C(F)(F)c2c(F)c(F)c(F)c(F)c2-3)c1F. The van der Waals surface area contributed by atoms with Crippen molar-refractivity contribution in [3.63, 3.8) is 0 Å². The standard InChI is InChI=1S/C29H6BF15O2/c31-8-5-6-12(7-1-2-9(32)19(35)13(7)8)46-30(47-28-11(34)4-3-10(33)20(28)36)18-16-14(21(37)25(41)24(18)40)15-17(29(16,44)45)23(39)27(43)26(42)22(15)38/h1-6H. The van der Waals surface area contributed by atoms with E-state index < -0.39 is 139 Å². The number of hydrogen-bond acceptors (Lipinski definition) is 2. The Morgan fingerprint density at radius 2 is 0.957 bits per heavy atom. The lowest BCUT2D eigenvalue weighted by Crippen LogP contribution is -2.49. The Morgan fingerprint density at radius 1 is 0.447 bits per heavy atom. The van der Waals surface area contributed by atoms with Crippen LogP contribution in [0.25, 0.3) is 21.9 Å². The van der Waals surface area contributed by atoms with Gasteiger partial charge >= 0.3 is 13.0 Å². The average molecular weight is 682 g/mol. The van der Waals surface area contributed by atoms with Gasteiger partial charge in [-0.1, -0.05) is 0 Å². The van der Waals surface area contributed by atoms with E-state index in [1.54, 1.807) is 0 Å². The molecule has 0 fully saturated rings. The van der Waals surface area contributed by atoms with Gasteiger partial charge in [0.05, 0.1) is 16.4 Å². The summed E-state index contributed by atoms with van der Waals surface area (Å²) in [6.45, 7) is 0. The van der Waals surface area contributed by atoms with Gasteiger partial charge in [0.1, 0.15) is 11.6 Å². The molecule has 1 aliphatic rings. The molecular formula is C29H6BF15O2. The minimum Gasteiger partial charge on any atom is -0.521 e. The van der Waals surface area contributed by atoms with Gasteiger partial charge in [-0.2, -0.15) is 13.2 Å². The number of fused-ring (bicyclic) bond motifs is 4. The van der Waals surface area contributed by atoms with E-state index in [9.17, 15) is 43.9 Å². The molecule has 0 N–H and O–H groups in total. The molecule has 0 atom stereocenters. The normalized spacial score (nSPS) is 13.2. The van der Waals surface area contributed by atoms with Crippen LogP contribution >= 0.6 is 0 Å². The molecule has 6 rings (SSSR count). The van der Waals surface area contributed by atoms with E-state index in [0.29, 0.717) is 24.3 Å². The van der Waals surface area contributed by atoms with Gasteiger partial charge < -0.3 is 9.31 Å². The largest absolute Gasteiger partial charge is 0.636 e. The fraction of sp³-hybridized carbons (Fsp3) is 0.0345. The molecule has 0 spiro atoms. The summed E-state index contributed by atoms with van der Waals surface area (Å²) in [6.07, 6.45) is 0. The van der Waals surface area contributed by atoms with Crippen LogP contribution in [0, 0.1) is 75.6 Å². The summed E-state index contributed by atoms with van der Waals surface area (Å²) in [4.78, 5) is 0. The second-order valence-corrected chi connectivity index (χ2v) is 9.76. The smallest absolute Gasteiger partial charge is 0.521 e. The van der Waals surface area contributed by atoms with E-state index >= 15 is 22.0 Å². The van der Waals surface area contributed by atoms with Crippen LogP contribution in [0.5, 0.6) is 11.5 Å². The summed E-state index contributed by atoms with van der Waals surface area (Å²) in [5, 5.41) is -2.04. The molecule has 0 radical (unpaired) electrons. The Hall–Kier alpha value is -5.03. The summed E-state index contributed by atoms with van der Waals surface area (Å²) < 4.78 is 231. The molecule has 0 unspecified atom stereocenters. The first-order valence-electron chi connectivity index (χ1n) is 12.5. The minimum absolute atomic E-state index is 0.184. The van der Waals surface area contributed by atoms with Crippen molar-refractivity contribution in [3.8, 4) is 22.6 Å². The lowest BCUT2D eigenvalue weighted by atomic mass is 9.72. The Balaban J connectivity index is 1.70. The van der Waals surface area contributed by atoms with E-state index in [-0.39, 0.29) is 12.1 Å². The first-order valence-corrected chi connectivity index (χ1v) is 12.5. The van der Waals surface area contributed by atoms with Crippen LogP contribution in [0.2, 0.25) is 0 Å². The molecule has 0 saturated carbocycles. The third kappa shape index (κ3) is 4.47. The summed E-state index contributed by atoms with van der Waals surface area (Å²) in [7, 11) is -3.34. The predicted molar refractivity (Wildman–Crippen MR) is 131 cm³/mol. The lowest BCUT2D eigenvalue weighted by Gasteiger charge is -2.24. The van der Waals surface area contributed by atoms with Crippen molar-refractivity contribution >= 4 is 23.4 Å². The van der Waals surface area contributed by atoms with E-state index in [2.05, 4.69) is 0 Å². The van der Waals surface area contributed by atoms with E-state index in [4.69, 9.17) is 9.31 Å². The number of halogens is 15. The number of hydrogen-bond donors (Lipinski definition) is 0.